The minimum Gasteiger partial charge on any atom is -0.478 e. The van der Waals surface area contributed by atoms with Gasteiger partial charge in [-0.05, 0) is 27.7 Å². The summed E-state index contributed by atoms with van der Waals surface area (Å²) in [6.45, 7) is 22.4. The molecular formula is C34H54O18. The molecule has 0 aromatic heterocycles. The molecule has 4 aliphatic heterocycles. The average molecular weight is 751 g/mol. The van der Waals surface area contributed by atoms with E-state index in [-0.39, 0.29) is 53.3 Å². The molecule has 0 spiro atoms. The second-order valence-corrected chi connectivity index (χ2v) is 11.9. The maximum absolute atomic E-state index is 10.4. The molecule has 0 aromatic rings. The van der Waals surface area contributed by atoms with Gasteiger partial charge in [0.25, 0.3) is 0 Å². The van der Waals surface area contributed by atoms with E-state index >= 15 is 0 Å². The zero-order chi connectivity index (χ0) is 40.0. The summed E-state index contributed by atoms with van der Waals surface area (Å²) < 4.78 is 44.5. The van der Waals surface area contributed by atoms with Crippen LogP contribution in [0.5, 0.6) is 0 Å². The van der Waals surface area contributed by atoms with Gasteiger partial charge < -0.3 is 68.5 Å². The first kappa shape index (κ1) is 48.4. The highest BCUT2D eigenvalue weighted by Crippen LogP contribution is 2.23. The van der Waals surface area contributed by atoms with Gasteiger partial charge in [0.15, 0.2) is 0 Å². The monoisotopic (exact) mass is 750 g/mol. The lowest BCUT2D eigenvalue weighted by Crippen LogP contribution is -2.52. The van der Waals surface area contributed by atoms with Gasteiger partial charge in [-0.3, -0.25) is 0 Å². The molecule has 0 aromatic carbocycles. The van der Waals surface area contributed by atoms with Crippen LogP contribution in [-0.2, 0) is 57.1 Å². The Kier molecular flexibility index (Phi) is 24.4. The van der Waals surface area contributed by atoms with Crippen LogP contribution < -0.4 is 0 Å². The molecule has 6 N–H and O–H groups in total. The second kappa shape index (κ2) is 26.2. The minimum atomic E-state index is -1.13. The molecule has 52 heavy (non-hydrogen) atoms. The summed E-state index contributed by atoms with van der Waals surface area (Å²) in [5, 5.41) is 51.5. The molecule has 298 valence electrons. The number of carboxylic acids is 4. The summed E-state index contributed by atoms with van der Waals surface area (Å²) in [4.78, 5) is 38.4. The Morgan fingerprint density at radius 3 is 1.12 bits per heavy atom. The number of hydrogen-bond donors (Lipinski definition) is 6. The van der Waals surface area contributed by atoms with E-state index < -0.39 is 54.9 Å². The Labute approximate surface area is 302 Å². The SMILES string of the molecule is C=C(C)C(=O)O.C=C(C)C(=O)O.C=C(C)C(=O)O.C=C(C)C(=O)O.OC[C@@H](O)[C@@H](OCC1CO1)[C@H](OCC1CO1)[C@H](COCC1CO1)OCC1CO1. The van der Waals surface area contributed by atoms with E-state index in [4.69, 9.17) is 58.3 Å². The van der Waals surface area contributed by atoms with E-state index in [0.717, 1.165) is 0 Å². The minimum absolute atomic E-state index is 0.0170. The van der Waals surface area contributed by atoms with Crippen LogP contribution in [0.25, 0.3) is 0 Å². The van der Waals surface area contributed by atoms with Crippen molar-refractivity contribution in [2.75, 3.05) is 66.1 Å². The van der Waals surface area contributed by atoms with Crippen molar-refractivity contribution in [3.63, 3.8) is 0 Å². The molecule has 0 bridgehead atoms. The van der Waals surface area contributed by atoms with Crippen LogP contribution in [0, 0.1) is 0 Å². The van der Waals surface area contributed by atoms with E-state index in [1.165, 1.54) is 27.7 Å². The average Bonchev–Trinajstić information content (AvgIpc) is 3.88. The fraction of sp³-hybridized carbons (Fsp3) is 0.647. The first-order valence-electron chi connectivity index (χ1n) is 16.0. The largest absolute Gasteiger partial charge is 0.478 e. The molecule has 18 heteroatoms. The van der Waals surface area contributed by atoms with Gasteiger partial charge >= 0.3 is 23.9 Å². The number of carbonyl (C=O) groups is 4. The third-order valence-electron chi connectivity index (χ3n) is 6.36. The molecule has 4 fully saturated rings. The van der Waals surface area contributed by atoms with Crippen LogP contribution in [-0.4, -0.2) is 169 Å². The summed E-state index contributed by atoms with van der Waals surface area (Å²) in [5.41, 5.74) is 0.704. The Morgan fingerprint density at radius 2 is 0.846 bits per heavy atom. The summed E-state index contributed by atoms with van der Waals surface area (Å²) in [7, 11) is 0. The van der Waals surface area contributed by atoms with Crippen molar-refractivity contribution in [2.45, 2.75) is 76.5 Å². The van der Waals surface area contributed by atoms with E-state index in [1.807, 2.05) is 0 Å². The van der Waals surface area contributed by atoms with E-state index in [9.17, 15) is 29.4 Å². The maximum atomic E-state index is 10.4. The van der Waals surface area contributed by atoms with E-state index in [1.54, 1.807) is 0 Å². The number of ether oxygens (including phenoxy) is 8. The fourth-order valence-electron chi connectivity index (χ4n) is 2.82. The van der Waals surface area contributed by atoms with E-state index in [2.05, 4.69) is 26.3 Å². The van der Waals surface area contributed by atoms with Gasteiger partial charge in [-0.1, -0.05) is 26.3 Å². The van der Waals surface area contributed by atoms with Gasteiger partial charge in [0.1, 0.15) is 48.8 Å². The third-order valence-corrected chi connectivity index (χ3v) is 6.36. The molecule has 4 saturated heterocycles. The van der Waals surface area contributed by atoms with Gasteiger partial charge in [-0.15, -0.1) is 0 Å². The molecule has 0 saturated carbocycles. The van der Waals surface area contributed by atoms with Gasteiger partial charge in [0, 0.05) is 22.3 Å². The highest BCUT2D eigenvalue weighted by Gasteiger charge is 2.41. The predicted molar refractivity (Wildman–Crippen MR) is 182 cm³/mol. The third kappa shape index (κ3) is 27.1. The van der Waals surface area contributed by atoms with Gasteiger partial charge in [0.05, 0.1) is 66.1 Å². The van der Waals surface area contributed by atoms with Crippen molar-refractivity contribution >= 4 is 23.9 Å². The number of aliphatic carboxylic acids is 4. The number of rotatable bonds is 21. The molecule has 8 atom stereocenters. The number of carboxylic acid groups (broad SMARTS) is 4. The summed E-state index contributed by atoms with van der Waals surface area (Å²) >= 11 is 0. The van der Waals surface area contributed by atoms with Crippen molar-refractivity contribution in [3.8, 4) is 0 Å². The first-order chi connectivity index (χ1) is 24.3. The molecule has 0 radical (unpaired) electrons. The lowest BCUT2D eigenvalue weighted by atomic mass is 10.0. The summed E-state index contributed by atoms with van der Waals surface area (Å²) in [6, 6.07) is 0. The Morgan fingerprint density at radius 1 is 0.577 bits per heavy atom. The molecular weight excluding hydrogens is 696 g/mol. The van der Waals surface area contributed by atoms with Gasteiger partial charge in [-0.2, -0.15) is 0 Å². The zero-order valence-electron chi connectivity index (χ0n) is 30.1. The van der Waals surface area contributed by atoms with Crippen LogP contribution >= 0.6 is 0 Å². The normalized spacial score (nSPS) is 22.0. The van der Waals surface area contributed by atoms with Gasteiger partial charge in [-0.25, -0.2) is 19.2 Å². The summed E-state index contributed by atoms with van der Waals surface area (Å²) in [5.74, 6) is -3.74. The van der Waals surface area contributed by atoms with Crippen LogP contribution in [0.4, 0.5) is 0 Å². The quantitative estimate of drug-likeness (QED) is 0.0695. The number of aliphatic hydroxyl groups excluding tert-OH is 2. The van der Waals surface area contributed by atoms with Crippen molar-refractivity contribution in [2.24, 2.45) is 0 Å². The molecule has 18 nitrogen and oxygen atoms in total. The molecule has 0 aliphatic carbocycles. The van der Waals surface area contributed by atoms with Crippen molar-refractivity contribution < 1.29 is 87.7 Å². The molecule has 4 unspecified atom stereocenters. The van der Waals surface area contributed by atoms with Crippen LogP contribution in [0.2, 0.25) is 0 Å². The maximum Gasteiger partial charge on any atom is 0.330 e. The molecule has 4 rings (SSSR count). The highest BCUT2D eigenvalue weighted by atomic mass is 16.6. The van der Waals surface area contributed by atoms with Crippen LogP contribution in [0.15, 0.2) is 48.6 Å². The highest BCUT2D eigenvalue weighted by molar-refractivity contribution is 5.85. The standard InChI is InChI=1S/C18H30O10.4C4H6O2/c19-1-15(20)17(27-8-13-5-24-13)18(28-9-14-6-25-14)16(26-7-12-4-23-12)10-21-2-11-3-22-11;4*1-3(2)4(5)6/h11-20H,1-10H2;4*1H2,2H3,(H,5,6)/t11?,12?,13?,14?,15-,16+,17-,18-;;;;/m1..../s1. The molecule has 4 heterocycles. The first-order valence-corrected chi connectivity index (χ1v) is 16.0. The van der Waals surface area contributed by atoms with Gasteiger partial charge in [0.2, 0.25) is 0 Å². The lowest BCUT2D eigenvalue weighted by Gasteiger charge is -2.35. The zero-order valence-corrected chi connectivity index (χ0v) is 30.1. The lowest BCUT2D eigenvalue weighted by molar-refractivity contribution is -0.187. The predicted octanol–water partition coefficient (Wildman–Crippen LogP) is 0.695. The second-order valence-electron chi connectivity index (χ2n) is 11.9. The van der Waals surface area contributed by atoms with Crippen LogP contribution in [0.3, 0.4) is 0 Å². The van der Waals surface area contributed by atoms with E-state index in [0.29, 0.717) is 52.9 Å². The smallest absolute Gasteiger partial charge is 0.330 e. The number of hydrogen-bond acceptors (Lipinski definition) is 14. The van der Waals surface area contributed by atoms with Crippen molar-refractivity contribution in [1.82, 2.24) is 0 Å². The van der Waals surface area contributed by atoms with Crippen LogP contribution in [0.1, 0.15) is 27.7 Å². The Balaban J connectivity index is 0.000000880. The van der Waals surface area contributed by atoms with Crippen molar-refractivity contribution in [3.05, 3.63) is 48.6 Å². The van der Waals surface area contributed by atoms with Crippen molar-refractivity contribution in [1.29, 1.82) is 0 Å². The fourth-order valence-corrected chi connectivity index (χ4v) is 2.82. The number of epoxide rings is 4. The molecule has 4 aliphatic rings. The Bertz CT molecular complexity index is 1020. The molecule has 0 amide bonds. The Hall–Kier alpha value is -3.56. The topological polar surface area (TPSA) is 277 Å². The summed E-state index contributed by atoms with van der Waals surface area (Å²) in [6.07, 6.45) is -2.81. The number of aliphatic hydroxyl groups is 2.